The highest BCUT2D eigenvalue weighted by molar-refractivity contribution is 5.88. The van der Waals surface area contributed by atoms with E-state index in [2.05, 4.69) is 17.0 Å². The van der Waals surface area contributed by atoms with Crippen LogP contribution in [0.25, 0.3) is 0 Å². The molecule has 3 heteroatoms. The Bertz CT molecular complexity index is 607. The second-order valence-corrected chi connectivity index (χ2v) is 5.67. The highest BCUT2D eigenvalue weighted by Crippen LogP contribution is 2.26. The summed E-state index contributed by atoms with van der Waals surface area (Å²) in [5.74, 6) is 0.333. The molecule has 1 unspecified atom stereocenters. The van der Waals surface area contributed by atoms with E-state index in [9.17, 15) is 4.79 Å². The summed E-state index contributed by atoms with van der Waals surface area (Å²) in [7, 11) is 0. The lowest BCUT2D eigenvalue weighted by Crippen LogP contribution is -2.39. The molecule has 3 rings (SSSR count). The number of piperidine rings is 1. The number of anilines is 1. The number of hydrogen-bond acceptors (Lipinski definition) is 3. The summed E-state index contributed by atoms with van der Waals surface area (Å²) in [6.45, 7) is 2.33. The van der Waals surface area contributed by atoms with Crippen molar-refractivity contribution in [1.29, 1.82) is 0 Å². The Morgan fingerprint density at radius 3 is 2.43 bits per heavy atom. The second kappa shape index (κ2) is 6.10. The lowest BCUT2D eigenvalue weighted by Gasteiger charge is -2.31. The van der Waals surface area contributed by atoms with E-state index in [4.69, 9.17) is 5.73 Å². The first-order chi connectivity index (χ1) is 10.2. The molecule has 1 aliphatic rings. The van der Waals surface area contributed by atoms with Gasteiger partial charge in [-0.05, 0) is 36.2 Å². The smallest absolute Gasteiger partial charge is 0.154 e. The molecule has 1 heterocycles. The van der Waals surface area contributed by atoms with Gasteiger partial charge in [0, 0.05) is 18.2 Å². The highest BCUT2D eigenvalue weighted by Gasteiger charge is 2.28. The Labute approximate surface area is 125 Å². The zero-order valence-electron chi connectivity index (χ0n) is 12.0. The number of nitrogens with zero attached hydrogens (tertiary/aromatic N) is 1. The van der Waals surface area contributed by atoms with Crippen molar-refractivity contribution >= 4 is 11.5 Å². The molecule has 2 aromatic rings. The van der Waals surface area contributed by atoms with Crippen LogP contribution in [0, 0.1) is 0 Å². The van der Waals surface area contributed by atoms with Crippen molar-refractivity contribution in [2.24, 2.45) is 0 Å². The van der Waals surface area contributed by atoms with Gasteiger partial charge in [0.05, 0.1) is 6.54 Å². The summed E-state index contributed by atoms with van der Waals surface area (Å²) in [5.41, 5.74) is 8.80. The summed E-state index contributed by atoms with van der Waals surface area (Å²) in [4.78, 5) is 14.6. The molecule has 21 heavy (non-hydrogen) atoms. The molecular weight excluding hydrogens is 260 g/mol. The zero-order valence-corrected chi connectivity index (χ0v) is 12.0. The van der Waals surface area contributed by atoms with Crippen molar-refractivity contribution in [3.63, 3.8) is 0 Å². The van der Waals surface area contributed by atoms with Gasteiger partial charge < -0.3 is 5.73 Å². The van der Waals surface area contributed by atoms with E-state index in [1.54, 1.807) is 0 Å². The van der Waals surface area contributed by atoms with Gasteiger partial charge >= 0.3 is 0 Å². The van der Waals surface area contributed by atoms with E-state index < -0.39 is 0 Å². The number of hydrogen-bond donors (Lipinski definition) is 1. The van der Waals surface area contributed by atoms with Crippen molar-refractivity contribution in [1.82, 2.24) is 4.90 Å². The molecular formula is C18H20N2O. The molecule has 1 aliphatic heterocycles. The number of likely N-dealkylation sites (tertiary alicyclic amines) is 1. The normalized spacial score (nSPS) is 19.6. The molecule has 0 spiro atoms. The minimum Gasteiger partial charge on any atom is -0.399 e. The van der Waals surface area contributed by atoms with Gasteiger partial charge in [0.2, 0.25) is 0 Å². The van der Waals surface area contributed by atoms with Crippen molar-refractivity contribution in [2.75, 3.05) is 18.8 Å². The number of benzene rings is 2. The van der Waals surface area contributed by atoms with Crippen LogP contribution in [0.4, 0.5) is 5.69 Å². The fraction of sp³-hybridized carbons (Fsp3) is 0.278. The van der Waals surface area contributed by atoms with Crippen LogP contribution >= 0.6 is 0 Å². The Hall–Kier alpha value is -2.13. The first kappa shape index (κ1) is 13.8. The van der Waals surface area contributed by atoms with E-state index >= 15 is 0 Å². The lowest BCUT2D eigenvalue weighted by molar-refractivity contribution is -0.124. The molecule has 0 radical (unpaired) electrons. The van der Waals surface area contributed by atoms with Crippen molar-refractivity contribution in [2.45, 2.75) is 18.9 Å². The topological polar surface area (TPSA) is 46.3 Å². The molecule has 0 aromatic heterocycles. The molecule has 0 aliphatic carbocycles. The van der Waals surface area contributed by atoms with Gasteiger partial charge in [-0.25, -0.2) is 0 Å². The third-order valence-corrected chi connectivity index (χ3v) is 4.09. The third kappa shape index (κ3) is 3.31. The second-order valence-electron chi connectivity index (χ2n) is 5.67. The predicted molar refractivity (Wildman–Crippen MR) is 84.9 cm³/mol. The maximum absolute atomic E-state index is 12.4. The Morgan fingerprint density at radius 2 is 1.76 bits per heavy atom. The van der Waals surface area contributed by atoms with Crippen LogP contribution in [0.2, 0.25) is 0 Å². The Balaban J connectivity index is 1.64. The van der Waals surface area contributed by atoms with Gasteiger partial charge in [0.1, 0.15) is 0 Å². The quantitative estimate of drug-likeness (QED) is 0.879. The predicted octanol–water partition coefficient (Wildman–Crippen LogP) is 2.83. The largest absolute Gasteiger partial charge is 0.399 e. The molecule has 2 N–H and O–H groups in total. The maximum Gasteiger partial charge on any atom is 0.154 e. The summed E-state index contributed by atoms with van der Waals surface area (Å²) in [5, 5.41) is 0. The summed E-state index contributed by atoms with van der Waals surface area (Å²) in [6.07, 6.45) is 0.885. The number of ketones is 1. The van der Waals surface area contributed by atoms with Gasteiger partial charge in [0.25, 0.3) is 0 Å². The first-order valence-electron chi connectivity index (χ1n) is 7.37. The molecule has 1 saturated heterocycles. The molecule has 1 fully saturated rings. The molecule has 1 atom stereocenters. The van der Waals surface area contributed by atoms with Crippen LogP contribution in [0.1, 0.15) is 23.5 Å². The van der Waals surface area contributed by atoms with E-state index in [0.717, 1.165) is 30.8 Å². The van der Waals surface area contributed by atoms with Gasteiger partial charge in [-0.2, -0.15) is 0 Å². The first-order valence-corrected chi connectivity index (χ1v) is 7.37. The van der Waals surface area contributed by atoms with E-state index in [-0.39, 0.29) is 5.92 Å². The summed E-state index contributed by atoms with van der Waals surface area (Å²) >= 11 is 0. The van der Waals surface area contributed by atoms with Crippen molar-refractivity contribution in [3.8, 4) is 0 Å². The number of nitrogen functional groups attached to an aromatic ring is 1. The fourth-order valence-corrected chi connectivity index (χ4v) is 2.94. The van der Waals surface area contributed by atoms with Crippen molar-refractivity contribution in [3.05, 3.63) is 65.7 Å². The third-order valence-electron chi connectivity index (χ3n) is 4.09. The number of carbonyl (C=O) groups excluding carboxylic acids is 1. The summed E-state index contributed by atoms with van der Waals surface area (Å²) in [6, 6.07) is 18.0. The van der Waals surface area contributed by atoms with Crippen LogP contribution in [0.3, 0.4) is 0 Å². The van der Waals surface area contributed by atoms with Gasteiger partial charge in [-0.15, -0.1) is 0 Å². The van der Waals surface area contributed by atoms with E-state index in [0.29, 0.717) is 12.3 Å². The monoisotopic (exact) mass is 280 g/mol. The van der Waals surface area contributed by atoms with Gasteiger partial charge in [-0.1, -0.05) is 42.5 Å². The number of carbonyl (C=O) groups is 1. The van der Waals surface area contributed by atoms with E-state index in [1.807, 2.05) is 42.5 Å². The molecule has 0 amide bonds. The Kier molecular flexibility index (Phi) is 4.02. The van der Waals surface area contributed by atoms with Crippen LogP contribution < -0.4 is 5.73 Å². The standard InChI is InChI=1S/C18H20N2O/c19-16-8-6-15(7-9-16)17-10-11-20(13-18(17)21)12-14-4-2-1-3-5-14/h1-9,17H,10-13,19H2. The van der Waals surface area contributed by atoms with Crippen LogP contribution in [-0.4, -0.2) is 23.8 Å². The zero-order chi connectivity index (χ0) is 14.7. The highest BCUT2D eigenvalue weighted by atomic mass is 16.1. The van der Waals surface area contributed by atoms with Crippen LogP contribution in [0.15, 0.2) is 54.6 Å². The molecule has 108 valence electrons. The van der Waals surface area contributed by atoms with Crippen LogP contribution in [0.5, 0.6) is 0 Å². The van der Waals surface area contributed by atoms with Gasteiger partial charge in [-0.3, -0.25) is 9.69 Å². The minimum atomic E-state index is 0.0256. The average molecular weight is 280 g/mol. The SMILES string of the molecule is Nc1ccc(C2CCN(Cc3ccccc3)CC2=O)cc1. The summed E-state index contributed by atoms with van der Waals surface area (Å²) < 4.78 is 0. The number of Topliss-reactive ketones (excluding diaryl/α,β-unsaturated/α-hetero) is 1. The maximum atomic E-state index is 12.4. The van der Waals surface area contributed by atoms with E-state index in [1.165, 1.54) is 5.56 Å². The number of rotatable bonds is 3. The van der Waals surface area contributed by atoms with Crippen LogP contribution in [-0.2, 0) is 11.3 Å². The fourth-order valence-electron chi connectivity index (χ4n) is 2.94. The van der Waals surface area contributed by atoms with Gasteiger partial charge in [0.15, 0.2) is 5.78 Å². The molecule has 3 nitrogen and oxygen atoms in total. The number of nitrogens with two attached hydrogens (primary N) is 1. The van der Waals surface area contributed by atoms with Crippen molar-refractivity contribution < 1.29 is 4.79 Å². The molecule has 0 saturated carbocycles. The molecule has 2 aromatic carbocycles. The minimum absolute atomic E-state index is 0.0256. The molecule has 0 bridgehead atoms. The lowest BCUT2D eigenvalue weighted by atomic mass is 9.88. The average Bonchev–Trinajstić information content (AvgIpc) is 2.50. The Morgan fingerprint density at radius 1 is 1.05 bits per heavy atom.